The van der Waals surface area contributed by atoms with Crippen LogP contribution in [-0.4, -0.2) is 4.57 Å². The lowest BCUT2D eigenvalue weighted by atomic mass is 10.1. The minimum absolute atomic E-state index is 0.0718. The second kappa shape index (κ2) is 4.75. The van der Waals surface area contributed by atoms with Crippen LogP contribution in [0.2, 0.25) is 0 Å². The summed E-state index contributed by atoms with van der Waals surface area (Å²) in [7, 11) is 0. The van der Waals surface area contributed by atoms with Gasteiger partial charge in [0.15, 0.2) is 0 Å². The van der Waals surface area contributed by atoms with E-state index in [-0.39, 0.29) is 5.56 Å². The smallest absolute Gasteiger partial charge is 0.263 e. The zero-order chi connectivity index (χ0) is 14.3. The van der Waals surface area contributed by atoms with E-state index in [9.17, 15) is 8.78 Å². The fourth-order valence-electron chi connectivity index (χ4n) is 2.54. The highest BCUT2D eigenvalue weighted by atomic mass is 19.3. The molecule has 3 rings (SSSR count). The number of hydrogen-bond acceptors (Lipinski definition) is 0. The average molecular weight is 271 g/mol. The predicted octanol–water partition coefficient (Wildman–Crippen LogP) is 5.18. The Bertz CT molecular complexity index is 772. The Morgan fingerprint density at radius 3 is 2.50 bits per heavy atom. The van der Waals surface area contributed by atoms with Crippen LogP contribution in [0.4, 0.5) is 8.78 Å². The highest BCUT2D eigenvalue weighted by molar-refractivity contribution is 5.86. The van der Waals surface area contributed by atoms with E-state index in [4.69, 9.17) is 0 Å². The fourth-order valence-corrected chi connectivity index (χ4v) is 2.54. The SMILES string of the molecule is Cc1cccc(-n2cc(C)c3cc(C(F)F)ccc32)c1. The van der Waals surface area contributed by atoms with Crippen LogP contribution in [-0.2, 0) is 0 Å². The highest BCUT2D eigenvalue weighted by Crippen LogP contribution is 2.29. The van der Waals surface area contributed by atoms with Crippen LogP contribution in [0.1, 0.15) is 23.1 Å². The van der Waals surface area contributed by atoms with E-state index >= 15 is 0 Å². The van der Waals surface area contributed by atoms with Gasteiger partial charge in [-0.25, -0.2) is 8.78 Å². The molecule has 0 aliphatic heterocycles. The van der Waals surface area contributed by atoms with Gasteiger partial charge in [-0.3, -0.25) is 0 Å². The minimum atomic E-state index is -2.43. The first-order valence-electron chi connectivity index (χ1n) is 6.53. The monoisotopic (exact) mass is 271 g/mol. The Labute approximate surface area is 116 Å². The molecule has 3 aromatic rings. The van der Waals surface area contributed by atoms with Gasteiger partial charge in [-0.15, -0.1) is 0 Å². The summed E-state index contributed by atoms with van der Waals surface area (Å²) < 4.78 is 27.7. The molecule has 0 bridgehead atoms. The van der Waals surface area contributed by atoms with Crippen LogP contribution in [0.3, 0.4) is 0 Å². The van der Waals surface area contributed by atoms with Crippen LogP contribution in [0.15, 0.2) is 48.7 Å². The van der Waals surface area contributed by atoms with Crippen LogP contribution < -0.4 is 0 Å². The number of alkyl halides is 2. The standard InChI is InChI=1S/C17H15F2N/c1-11-4-3-5-14(8-11)20-10-12(2)15-9-13(17(18)19)6-7-16(15)20/h3-10,17H,1-2H3. The summed E-state index contributed by atoms with van der Waals surface area (Å²) in [6.07, 6.45) is -0.435. The summed E-state index contributed by atoms with van der Waals surface area (Å²) in [5, 5.41) is 0.879. The van der Waals surface area contributed by atoms with E-state index in [0.29, 0.717) is 0 Å². The molecule has 0 saturated carbocycles. The van der Waals surface area contributed by atoms with E-state index in [1.807, 2.05) is 42.8 Å². The molecule has 1 heterocycles. The predicted molar refractivity (Wildman–Crippen MR) is 77.7 cm³/mol. The summed E-state index contributed by atoms with van der Waals surface area (Å²) in [6, 6.07) is 13.0. The van der Waals surface area contributed by atoms with Gasteiger partial charge < -0.3 is 4.57 Å². The molecule has 0 aliphatic carbocycles. The van der Waals surface area contributed by atoms with Crippen molar-refractivity contribution in [1.82, 2.24) is 4.57 Å². The molecule has 0 atom stereocenters. The first-order valence-corrected chi connectivity index (χ1v) is 6.53. The van der Waals surface area contributed by atoms with Crippen LogP contribution in [0, 0.1) is 13.8 Å². The van der Waals surface area contributed by atoms with E-state index in [1.165, 1.54) is 11.6 Å². The van der Waals surface area contributed by atoms with Crippen molar-refractivity contribution in [3.8, 4) is 5.69 Å². The maximum atomic E-state index is 12.8. The molecule has 102 valence electrons. The van der Waals surface area contributed by atoms with Crippen molar-refractivity contribution in [2.75, 3.05) is 0 Å². The zero-order valence-electron chi connectivity index (χ0n) is 11.4. The molecule has 0 saturated heterocycles. The van der Waals surface area contributed by atoms with Crippen molar-refractivity contribution < 1.29 is 8.78 Å². The van der Waals surface area contributed by atoms with Crippen LogP contribution >= 0.6 is 0 Å². The molecular weight excluding hydrogens is 256 g/mol. The average Bonchev–Trinajstić information content (AvgIpc) is 2.76. The van der Waals surface area contributed by atoms with Gasteiger partial charge in [0.2, 0.25) is 0 Å². The third-order valence-electron chi connectivity index (χ3n) is 3.56. The summed E-state index contributed by atoms with van der Waals surface area (Å²) in [5.74, 6) is 0. The Morgan fingerprint density at radius 1 is 1.00 bits per heavy atom. The molecule has 0 aliphatic rings. The lowest BCUT2D eigenvalue weighted by Crippen LogP contribution is -1.92. The molecule has 3 heteroatoms. The first-order chi connectivity index (χ1) is 9.56. The molecular formula is C17H15F2N. The molecule has 1 nitrogen and oxygen atoms in total. The summed E-state index contributed by atoms with van der Waals surface area (Å²) in [6.45, 7) is 3.99. The molecule has 0 unspecified atom stereocenters. The zero-order valence-corrected chi connectivity index (χ0v) is 11.4. The molecule has 20 heavy (non-hydrogen) atoms. The molecule has 0 fully saturated rings. The van der Waals surface area contributed by atoms with Gasteiger partial charge in [-0.2, -0.15) is 0 Å². The van der Waals surface area contributed by atoms with Crippen LogP contribution in [0.25, 0.3) is 16.6 Å². The molecule has 0 N–H and O–H groups in total. The van der Waals surface area contributed by atoms with E-state index < -0.39 is 6.43 Å². The number of nitrogens with zero attached hydrogens (tertiary/aromatic N) is 1. The number of rotatable bonds is 2. The van der Waals surface area contributed by atoms with E-state index in [1.54, 1.807) is 12.1 Å². The van der Waals surface area contributed by atoms with Gasteiger partial charge in [0.25, 0.3) is 6.43 Å². The minimum Gasteiger partial charge on any atom is -0.316 e. The highest BCUT2D eigenvalue weighted by Gasteiger charge is 2.12. The van der Waals surface area contributed by atoms with E-state index in [2.05, 4.69) is 6.07 Å². The Kier molecular flexibility index (Phi) is 3.05. The molecule has 0 amide bonds. The Morgan fingerprint density at radius 2 is 1.80 bits per heavy atom. The molecule has 0 spiro atoms. The Hall–Kier alpha value is -2.16. The van der Waals surface area contributed by atoms with Crippen molar-refractivity contribution in [1.29, 1.82) is 0 Å². The van der Waals surface area contributed by atoms with Crippen molar-refractivity contribution >= 4 is 10.9 Å². The van der Waals surface area contributed by atoms with Gasteiger partial charge >= 0.3 is 0 Å². The summed E-state index contributed by atoms with van der Waals surface area (Å²) in [5.41, 5.74) is 4.25. The van der Waals surface area contributed by atoms with Gasteiger partial charge in [0, 0.05) is 22.8 Å². The molecule has 0 radical (unpaired) electrons. The molecule has 2 aromatic carbocycles. The lowest BCUT2D eigenvalue weighted by molar-refractivity contribution is 0.151. The maximum Gasteiger partial charge on any atom is 0.263 e. The van der Waals surface area contributed by atoms with Crippen molar-refractivity contribution in [2.45, 2.75) is 20.3 Å². The van der Waals surface area contributed by atoms with Crippen molar-refractivity contribution in [3.63, 3.8) is 0 Å². The van der Waals surface area contributed by atoms with Gasteiger partial charge in [0.1, 0.15) is 0 Å². The van der Waals surface area contributed by atoms with Gasteiger partial charge in [-0.1, -0.05) is 18.2 Å². The second-order valence-corrected chi connectivity index (χ2v) is 5.10. The number of hydrogen-bond donors (Lipinski definition) is 0. The first kappa shape index (κ1) is 12.9. The number of aromatic nitrogens is 1. The number of aryl methyl sites for hydroxylation is 2. The summed E-state index contributed by atoms with van der Waals surface area (Å²) in [4.78, 5) is 0. The second-order valence-electron chi connectivity index (χ2n) is 5.10. The number of benzene rings is 2. The third kappa shape index (κ3) is 2.09. The van der Waals surface area contributed by atoms with Crippen LogP contribution in [0.5, 0.6) is 0 Å². The quantitative estimate of drug-likeness (QED) is 0.605. The lowest BCUT2D eigenvalue weighted by Gasteiger charge is -2.07. The van der Waals surface area contributed by atoms with Crippen molar-refractivity contribution in [3.05, 3.63) is 65.4 Å². The Balaban J connectivity index is 2.23. The topological polar surface area (TPSA) is 4.93 Å². The summed E-state index contributed by atoms with van der Waals surface area (Å²) >= 11 is 0. The number of halogens is 2. The normalized spacial score (nSPS) is 11.4. The fraction of sp³-hybridized carbons (Fsp3) is 0.176. The third-order valence-corrected chi connectivity index (χ3v) is 3.56. The largest absolute Gasteiger partial charge is 0.316 e. The maximum absolute atomic E-state index is 12.8. The van der Waals surface area contributed by atoms with Gasteiger partial charge in [-0.05, 0) is 49.2 Å². The van der Waals surface area contributed by atoms with Gasteiger partial charge in [0.05, 0.1) is 5.52 Å². The van der Waals surface area contributed by atoms with E-state index in [0.717, 1.165) is 22.2 Å². The number of fused-ring (bicyclic) bond motifs is 1. The molecule has 1 aromatic heterocycles. The van der Waals surface area contributed by atoms with Crippen molar-refractivity contribution in [2.24, 2.45) is 0 Å².